The average molecular weight is 419 g/mol. The lowest BCUT2D eigenvalue weighted by Gasteiger charge is -2.56. The van der Waals surface area contributed by atoms with E-state index in [0.29, 0.717) is 18.6 Å². The topological polar surface area (TPSA) is 67.4 Å². The molecule has 0 aliphatic heterocycles. The molecule has 4 aliphatic rings. The van der Waals surface area contributed by atoms with E-state index >= 15 is 0 Å². The van der Waals surface area contributed by atoms with Crippen LogP contribution in [0.25, 0.3) is 0 Å². The first-order valence-electron chi connectivity index (χ1n) is 11.4. The van der Waals surface area contributed by atoms with Gasteiger partial charge in [0.25, 0.3) is 5.91 Å². The van der Waals surface area contributed by atoms with Crippen molar-refractivity contribution in [2.75, 3.05) is 0 Å². The van der Waals surface area contributed by atoms with E-state index in [4.69, 9.17) is 4.74 Å². The van der Waals surface area contributed by atoms with Crippen molar-refractivity contribution in [3.63, 3.8) is 0 Å². The summed E-state index contributed by atoms with van der Waals surface area (Å²) in [5.74, 6) is 2.90. The molecular weight excluding hydrogens is 388 g/mol. The van der Waals surface area contributed by atoms with Crippen molar-refractivity contribution in [3.8, 4) is 5.75 Å². The molecule has 0 spiro atoms. The summed E-state index contributed by atoms with van der Waals surface area (Å²) in [5.41, 5.74) is 6.90. The molecule has 4 aliphatic carbocycles. The third-order valence-electron chi connectivity index (χ3n) is 7.38. The molecule has 0 atom stereocenters. The second-order valence-corrected chi connectivity index (χ2v) is 9.90. The summed E-state index contributed by atoms with van der Waals surface area (Å²) in [6.45, 7) is 0.438. The van der Waals surface area contributed by atoms with Gasteiger partial charge in [0.2, 0.25) is 5.91 Å². The van der Waals surface area contributed by atoms with Crippen molar-refractivity contribution < 1.29 is 14.3 Å². The molecule has 0 unspecified atom stereocenters. The van der Waals surface area contributed by atoms with E-state index in [1.165, 1.54) is 38.5 Å². The zero-order valence-electron chi connectivity index (χ0n) is 17.8. The van der Waals surface area contributed by atoms with E-state index in [0.717, 1.165) is 29.1 Å². The third kappa shape index (κ3) is 4.60. The highest BCUT2D eigenvalue weighted by atomic mass is 16.5. The lowest BCUT2D eigenvalue weighted by molar-refractivity contribution is -0.130. The Kier molecular flexibility index (Phi) is 5.43. The second kappa shape index (κ2) is 8.37. The largest absolute Gasteiger partial charge is 0.489 e. The minimum Gasteiger partial charge on any atom is -0.489 e. The summed E-state index contributed by atoms with van der Waals surface area (Å²) in [7, 11) is 0. The van der Waals surface area contributed by atoms with E-state index in [1.807, 2.05) is 42.5 Å². The van der Waals surface area contributed by atoms with Gasteiger partial charge in [0.05, 0.1) is 0 Å². The first-order chi connectivity index (χ1) is 15.1. The van der Waals surface area contributed by atoms with E-state index in [-0.39, 0.29) is 17.2 Å². The van der Waals surface area contributed by atoms with Crippen LogP contribution in [0, 0.1) is 23.2 Å². The number of hydrogen-bond donors (Lipinski definition) is 2. The standard InChI is InChI=1S/C26H30N2O3/c29-24(16-26-13-19-10-20(14-26)12-21(11-19)15-26)27-28-25(30)22-8-6-18(7-9-22)17-31-23-4-2-1-3-5-23/h1-9,19-21H,10-17H2,(H,27,29)(H,28,30). The molecule has 0 aromatic heterocycles. The van der Waals surface area contributed by atoms with E-state index in [2.05, 4.69) is 10.9 Å². The van der Waals surface area contributed by atoms with E-state index < -0.39 is 0 Å². The number of hydrogen-bond acceptors (Lipinski definition) is 3. The monoisotopic (exact) mass is 418 g/mol. The summed E-state index contributed by atoms with van der Waals surface area (Å²) >= 11 is 0. The van der Waals surface area contributed by atoms with Crippen LogP contribution in [0.4, 0.5) is 0 Å². The van der Waals surface area contributed by atoms with E-state index in [1.54, 1.807) is 12.1 Å². The summed E-state index contributed by atoms with van der Waals surface area (Å²) in [4.78, 5) is 25.0. The smallest absolute Gasteiger partial charge is 0.269 e. The minimum absolute atomic E-state index is 0.0665. The zero-order chi connectivity index (χ0) is 21.3. The second-order valence-electron chi connectivity index (χ2n) is 9.90. The number of para-hydroxylation sites is 1. The van der Waals surface area contributed by atoms with Gasteiger partial charge in [-0.3, -0.25) is 20.4 Å². The van der Waals surface area contributed by atoms with Gasteiger partial charge in [-0.2, -0.15) is 0 Å². The molecule has 0 saturated heterocycles. The molecule has 6 rings (SSSR count). The highest BCUT2D eigenvalue weighted by Crippen LogP contribution is 2.61. The Bertz CT molecular complexity index is 904. The molecule has 2 aromatic carbocycles. The van der Waals surface area contributed by atoms with Crippen LogP contribution in [-0.4, -0.2) is 11.8 Å². The molecule has 31 heavy (non-hydrogen) atoms. The van der Waals surface area contributed by atoms with Gasteiger partial charge in [-0.25, -0.2) is 0 Å². The van der Waals surface area contributed by atoms with Crippen molar-refractivity contribution >= 4 is 11.8 Å². The Labute approximate surface area is 183 Å². The van der Waals surface area contributed by atoms with Crippen LogP contribution >= 0.6 is 0 Å². The lowest BCUT2D eigenvalue weighted by Crippen LogP contribution is -2.50. The van der Waals surface area contributed by atoms with Crippen molar-refractivity contribution in [2.45, 2.75) is 51.6 Å². The molecule has 162 valence electrons. The number of carbonyl (C=O) groups excluding carboxylic acids is 2. The van der Waals surface area contributed by atoms with Crippen LogP contribution in [0.5, 0.6) is 5.75 Å². The Morgan fingerprint density at radius 1 is 0.839 bits per heavy atom. The van der Waals surface area contributed by atoms with Crippen LogP contribution in [-0.2, 0) is 11.4 Å². The highest BCUT2D eigenvalue weighted by Gasteiger charge is 2.51. The van der Waals surface area contributed by atoms with Crippen LogP contribution in [0.2, 0.25) is 0 Å². The molecule has 0 radical (unpaired) electrons. The highest BCUT2D eigenvalue weighted by molar-refractivity contribution is 5.95. The van der Waals surface area contributed by atoms with Gasteiger partial charge in [0.15, 0.2) is 0 Å². The number of nitrogens with one attached hydrogen (secondary N) is 2. The number of ether oxygens (including phenoxy) is 1. The van der Waals surface area contributed by atoms with Gasteiger partial charge in [-0.05, 0) is 91.5 Å². The number of hydrazine groups is 1. The van der Waals surface area contributed by atoms with Gasteiger partial charge >= 0.3 is 0 Å². The minimum atomic E-state index is -0.297. The van der Waals surface area contributed by atoms with Crippen molar-refractivity contribution in [1.82, 2.24) is 10.9 Å². The summed E-state index contributed by atoms with van der Waals surface area (Å²) in [6.07, 6.45) is 8.19. The molecule has 4 bridgehead atoms. The van der Waals surface area contributed by atoms with Gasteiger partial charge in [-0.15, -0.1) is 0 Å². The number of benzene rings is 2. The van der Waals surface area contributed by atoms with Gasteiger partial charge in [0.1, 0.15) is 12.4 Å². The maximum absolute atomic E-state index is 12.6. The molecule has 2 aromatic rings. The fourth-order valence-electron chi connectivity index (χ4n) is 6.53. The van der Waals surface area contributed by atoms with Crippen LogP contribution in [0.15, 0.2) is 54.6 Å². The molecule has 4 saturated carbocycles. The first-order valence-corrected chi connectivity index (χ1v) is 11.4. The number of amides is 2. The molecule has 0 heterocycles. The Hall–Kier alpha value is -2.82. The fraction of sp³-hybridized carbons (Fsp3) is 0.462. The van der Waals surface area contributed by atoms with Gasteiger partial charge < -0.3 is 4.74 Å². The normalized spacial score (nSPS) is 28.2. The Morgan fingerprint density at radius 3 is 2.06 bits per heavy atom. The maximum atomic E-state index is 12.6. The fourth-order valence-corrected chi connectivity index (χ4v) is 6.53. The SMILES string of the molecule is O=C(CC12CC3CC(CC(C3)C1)C2)NNC(=O)c1ccc(COc2ccccc2)cc1. The summed E-state index contributed by atoms with van der Waals surface area (Å²) in [5, 5.41) is 0. The van der Waals surface area contributed by atoms with Crippen LogP contribution < -0.4 is 15.6 Å². The predicted octanol–water partition coefficient (Wildman–Crippen LogP) is 4.63. The number of carbonyl (C=O) groups is 2. The average Bonchev–Trinajstić information content (AvgIpc) is 2.76. The van der Waals surface area contributed by atoms with Gasteiger partial charge in [-0.1, -0.05) is 30.3 Å². The zero-order valence-corrected chi connectivity index (χ0v) is 17.8. The third-order valence-corrected chi connectivity index (χ3v) is 7.38. The van der Waals surface area contributed by atoms with Crippen LogP contribution in [0.1, 0.15) is 60.9 Å². The molecular formula is C26H30N2O3. The predicted molar refractivity (Wildman–Crippen MR) is 118 cm³/mol. The molecule has 5 heteroatoms. The molecule has 4 fully saturated rings. The molecule has 2 N–H and O–H groups in total. The Morgan fingerprint density at radius 2 is 1.45 bits per heavy atom. The molecule has 2 amide bonds. The lowest BCUT2D eigenvalue weighted by atomic mass is 9.49. The van der Waals surface area contributed by atoms with Crippen molar-refractivity contribution in [3.05, 3.63) is 65.7 Å². The molecule has 5 nitrogen and oxygen atoms in total. The summed E-state index contributed by atoms with van der Waals surface area (Å²) in [6, 6.07) is 16.9. The van der Waals surface area contributed by atoms with E-state index in [9.17, 15) is 9.59 Å². The first kappa shape index (κ1) is 20.1. The number of rotatable bonds is 6. The maximum Gasteiger partial charge on any atom is 0.269 e. The van der Waals surface area contributed by atoms with Gasteiger partial charge in [0, 0.05) is 12.0 Å². The Balaban J connectivity index is 1.10. The van der Waals surface area contributed by atoms with Crippen molar-refractivity contribution in [1.29, 1.82) is 0 Å². The van der Waals surface area contributed by atoms with Crippen molar-refractivity contribution in [2.24, 2.45) is 23.2 Å². The quantitative estimate of drug-likeness (QED) is 0.672. The summed E-state index contributed by atoms with van der Waals surface area (Å²) < 4.78 is 5.73. The van der Waals surface area contributed by atoms with Crippen LogP contribution in [0.3, 0.4) is 0 Å².